The Morgan fingerprint density at radius 2 is 1.95 bits per heavy atom. The van der Waals surface area contributed by atoms with E-state index in [2.05, 4.69) is 22.3 Å². The summed E-state index contributed by atoms with van der Waals surface area (Å²) in [6.45, 7) is 5.81. The van der Waals surface area contributed by atoms with Gasteiger partial charge in [0.05, 0.1) is 14.2 Å². The van der Waals surface area contributed by atoms with Gasteiger partial charge in [-0.05, 0) is 74.5 Å². The fraction of sp³-hybridized carbons (Fsp3) is 0.667. The van der Waals surface area contributed by atoms with Crippen molar-refractivity contribution in [3.05, 3.63) is 23.3 Å². The van der Waals surface area contributed by atoms with Gasteiger partial charge in [0, 0.05) is 13.1 Å². The Morgan fingerprint density at radius 1 is 1.18 bits per heavy atom. The van der Waals surface area contributed by atoms with Gasteiger partial charge in [-0.1, -0.05) is 0 Å². The molecule has 122 valence electrons. The van der Waals surface area contributed by atoms with Crippen LogP contribution in [-0.2, 0) is 13.0 Å². The average molecular weight is 304 g/mol. The zero-order valence-electron chi connectivity index (χ0n) is 13.9. The second kappa shape index (κ2) is 7.34. The number of benzene rings is 1. The summed E-state index contributed by atoms with van der Waals surface area (Å²) in [5, 5.41) is 3.52. The SMILES string of the molecule is COc1cc2c(cc1OC)CN(CCC1CCCNC1)CC2. The van der Waals surface area contributed by atoms with Crippen LogP contribution in [0.3, 0.4) is 0 Å². The molecule has 1 saturated heterocycles. The highest BCUT2D eigenvalue weighted by Crippen LogP contribution is 2.33. The number of hydrogen-bond donors (Lipinski definition) is 1. The van der Waals surface area contributed by atoms with Gasteiger partial charge in [0.1, 0.15) is 0 Å². The molecule has 0 spiro atoms. The van der Waals surface area contributed by atoms with Crippen LogP contribution >= 0.6 is 0 Å². The molecular formula is C18H28N2O2. The first-order valence-corrected chi connectivity index (χ1v) is 8.47. The molecule has 1 atom stereocenters. The monoisotopic (exact) mass is 304 g/mol. The lowest BCUT2D eigenvalue weighted by Gasteiger charge is -2.31. The lowest BCUT2D eigenvalue weighted by Crippen LogP contribution is -2.35. The van der Waals surface area contributed by atoms with Crippen LogP contribution in [0.1, 0.15) is 30.4 Å². The van der Waals surface area contributed by atoms with Gasteiger partial charge in [-0.25, -0.2) is 0 Å². The van der Waals surface area contributed by atoms with E-state index in [0.29, 0.717) is 0 Å². The van der Waals surface area contributed by atoms with Gasteiger partial charge in [-0.15, -0.1) is 0 Å². The highest BCUT2D eigenvalue weighted by molar-refractivity contribution is 5.48. The van der Waals surface area contributed by atoms with Crippen LogP contribution < -0.4 is 14.8 Å². The minimum Gasteiger partial charge on any atom is -0.493 e. The smallest absolute Gasteiger partial charge is 0.161 e. The molecule has 0 radical (unpaired) electrons. The lowest BCUT2D eigenvalue weighted by atomic mass is 9.94. The molecular weight excluding hydrogens is 276 g/mol. The van der Waals surface area contributed by atoms with Crippen molar-refractivity contribution in [2.24, 2.45) is 5.92 Å². The highest BCUT2D eigenvalue weighted by Gasteiger charge is 2.20. The number of ether oxygens (including phenoxy) is 2. The van der Waals surface area contributed by atoms with E-state index in [1.54, 1.807) is 14.2 Å². The van der Waals surface area contributed by atoms with Gasteiger partial charge in [-0.3, -0.25) is 4.90 Å². The Kier molecular flexibility index (Phi) is 5.21. The van der Waals surface area contributed by atoms with Crippen molar-refractivity contribution in [2.45, 2.75) is 32.2 Å². The molecule has 1 fully saturated rings. The van der Waals surface area contributed by atoms with Crippen molar-refractivity contribution in [2.75, 3.05) is 40.4 Å². The van der Waals surface area contributed by atoms with Crippen molar-refractivity contribution in [1.29, 1.82) is 0 Å². The maximum atomic E-state index is 5.44. The minimum atomic E-state index is 0.847. The van der Waals surface area contributed by atoms with Crippen LogP contribution in [-0.4, -0.2) is 45.3 Å². The fourth-order valence-electron chi connectivity index (χ4n) is 3.67. The molecule has 1 N–H and O–H groups in total. The Bertz CT molecular complexity index is 498. The van der Waals surface area contributed by atoms with Crippen molar-refractivity contribution in [1.82, 2.24) is 10.2 Å². The van der Waals surface area contributed by atoms with Gasteiger partial charge in [-0.2, -0.15) is 0 Å². The standard InChI is InChI=1S/C18H28N2O2/c1-21-17-10-15-6-9-20(13-16(15)11-18(17)22-2)8-5-14-4-3-7-19-12-14/h10-11,14,19H,3-9,12-13H2,1-2H3. The highest BCUT2D eigenvalue weighted by atomic mass is 16.5. The van der Waals surface area contributed by atoms with Gasteiger partial charge >= 0.3 is 0 Å². The number of piperidine rings is 1. The first-order chi connectivity index (χ1) is 10.8. The molecule has 1 aromatic carbocycles. The number of hydrogen-bond acceptors (Lipinski definition) is 4. The van der Waals surface area contributed by atoms with Crippen LogP contribution in [0.25, 0.3) is 0 Å². The molecule has 0 aromatic heterocycles. The molecule has 1 unspecified atom stereocenters. The van der Waals surface area contributed by atoms with E-state index in [0.717, 1.165) is 36.9 Å². The summed E-state index contributed by atoms with van der Waals surface area (Å²) in [7, 11) is 3.42. The maximum absolute atomic E-state index is 5.44. The molecule has 4 nitrogen and oxygen atoms in total. The van der Waals surface area contributed by atoms with Crippen molar-refractivity contribution in [3.63, 3.8) is 0 Å². The predicted octanol–water partition coefficient (Wildman–Crippen LogP) is 2.45. The molecule has 2 heterocycles. The molecule has 0 amide bonds. The summed E-state index contributed by atoms with van der Waals surface area (Å²) in [5.41, 5.74) is 2.80. The molecule has 22 heavy (non-hydrogen) atoms. The number of methoxy groups -OCH3 is 2. The van der Waals surface area contributed by atoms with Crippen LogP contribution in [0, 0.1) is 5.92 Å². The van der Waals surface area contributed by atoms with Crippen molar-refractivity contribution < 1.29 is 9.47 Å². The summed E-state index contributed by atoms with van der Waals surface area (Å²) < 4.78 is 10.9. The Labute approximate surface area is 133 Å². The summed E-state index contributed by atoms with van der Waals surface area (Å²) in [6, 6.07) is 4.30. The summed E-state index contributed by atoms with van der Waals surface area (Å²) in [5.74, 6) is 2.56. The van der Waals surface area contributed by atoms with Crippen molar-refractivity contribution in [3.8, 4) is 11.5 Å². The Balaban J connectivity index is 1.60. The van der Waals surface area contributed by atoms with E-state index in [1.165, 1.54) is 50.0 Å². The van der Waals surface area contributed by atoms with Gasteiger partial charge in [0.25, 0.3) is 0 Å². The fourth-order valence-corrected chi connectivity index (χ4v) is 3.67. The third-order valence-electron chi connectivity index (χ3n) is 5.05. The molecule has 0 aliphatic carbocycles. The van der Waals surface area contributed by atoms with Gasteiger partial charge in [0.15, 0.2) is 11.5 Å². The lowest BCUT2D eigenvalue weighted by molar-refractivity contribution is 0.221. The summed E-state index contributed by atoms with van der Waals surface area (Å²) in [6.07, 6.45) is 5.15. The molecule has 2 aliphatic heterocycles. The van der Waals surface area contributed by atoms with E-state index in [9.17, 15) is 0 Å². The molecule has 3 rings (SSSR count). The zero-order chi connectivity index (χ0) is 15.4. The second-order valence-corrected chi connectivity index (χ2v) is 6.50. The molecule has 0 bridgehead atoms. The largest absolute Gasteiger partial charge is 0.493 e. The molecule has 1 aromatic rings. The van der Waals surface area contributed by atoms with E-state index >= 15 is 0 Å². The number of fused-ring (bicyclic) bond motifs is 1. The zero-order valence-corrected chi connectivity index (χ0v) is 13.9. The summed E-state index contributed by atoms with van der Waals surface area (Å²) in [4.78, 5) is 2.59. The number of nitrogens with zero attached hydrogens (tertiary/aromatic N) is 1. The third kappa shape index (κ3) is 3.55. The second-order valence-electron chi connectivity index (χ2n) is 6.50. The first kappa shape index (κ1) is 15.6. The number of rotatable bonds is 5. The van der Waals surface area contributed by atoms with E-state index in [1.807, 2.05) is 0 Å². The van der Waals surface area contributed by atoms with Crippen LogP contribution in [0.5, 0.6) is 11.5 Å². The van der Waals surface area contributed by atoms with Crippen LogP contribution in [0.15, 0.2) is 12.1 Å². The van der Waals surface area contributed by atoms with Gasteiger partial charge < -0.3 is 14.8 Å². The quantitative estimate of drug-likeness (QED) is 0.906. The molecule has 2 aliphatic rings. The van der Waals surface area contributed by atoms with Crippen molar-refractivity contribution >= 4 is 0 Å². The normalized spacial score (nSPS) is 22.2. The Hall–Kier alpha value is -1.26. The average Bonchev–Trinajstić information content (AvgIpc) is 2.59. The summed E-state index contributed by atoms with van der Waals surface area (Å²) >= 11 is 0. The topological polar surface area (TPSA) is 33.7 Å². The molecule has 4 heteroatoms. The van der Waals surface area contributed by atoms with E-state index in [-0.39, 0.29) is 0 Å². The van der Waals surface area contributed by atoms with E-state index < -0.39 is 0 Å². The third-order valence-corrected chi connectivity index (χ3v) is 5.05. The maximum Gasteiger partial charge on any atom is 0.161 e. The number of nitrogens with one attached hydrogen (secondary N) is 1. The first-order valence-electron chi connectivity index (χ1n) is 8.47. The Morgan fingerprint density at radius 3 is 2.64 bits per heavy atom. The predicted molar refractivity (Wildman–Crippen MR) is 88.7 cm³/mol. The molecule has 0 saturated carbocycles. The minimum absolute atomic E-state index is 0.847. The van der Waals surface area contributed by atoms with Crippen LogP contribution in [0.4, 0.5) is 0 Å². The van der Waals surface area contributed by atoms with Crippen LogP contribution in [0.2, 0.25) is 0 Å². The van der Waals surface area contributed by atoms with Gasteiger partial charge in [0.2, 0.25) is 0 Å². The van der Waals surface area contributed by atoms with E-state index in [4.69, 9.17) is 9.47 Å².